The fourth-order valence-electron chi connectivity index (χ4n) is 3.24. The zero-order valence-corrected chi connectivity index (χ0v) is 20.6. The van der Waals surface area contributed by atoms with Gasteiger partial charge in [0, 0.05) is 17.7 Å². The number of halogens is 1. The van der Waals surface area contributed by atoms with Gasteiger partial charge in [-0.15, -0.1) is 11.3 Å². The van der Waals surface area contributed by atoms with E-state index >= 15 is 0 Å². The Morgan fingerprint density at radius 1 is 1.09 bits per heavy atom. The Bertz CT molecular complexity index is 1410. The fourth-order valence-corrected chi connectivity index (χ4v) is 5.37. The average molecular weight is 502 g/mol. The molecule has 2 aromatic carbocycles. The zero-order valence-electron chi connectivity index (χ0n) is 17.4. The van der Waals surface area contributed by atoms with Crippen molar-refractivity contribution in [2.24, 2.45) is 0 Å². The van der Waals surface area contributed by atoms with E-state index in [1.54, 1.807) is 34.2 Å². The minimum atomic E-state index is -3.28. The van der Waals surface area contributed by atoms with Gasteiger partial charge >= 0.3 is 0 Å². The van der Waals surface area contributed by atoms with Crippen LogP contribution in [0.2, 0.25) is 5.02 Å². The van der Waals surface area contributed by atoms with E-state index in [9.17, 15) is 8.42 Å². The Morgan fingerprint density at radius 2 is 1.84 bits per heavy atom. The van der Waals surface area contributed by atoms with E-state index < -0.39 is 9.84 Å². The number of nitrogens with one attached hydrogen (secondary N) is 1. The summed E-state index contributed by atoms with van der Waals surface area (Å²) in [4.78, 5) is 2.78. The van der Waals surface area contributed by atoms with Crippen molar-refractivity contribution in [1.82, 2.24) is 15.1 Å². The summed E-state index contributed by atoms with van der Waals surface area (Å²) in [6.07, 6.45) is 1.21. The topological polar surface area (TPSA) is 64.0 Å². The van der Waals surface area contributed by atoms with Crippen molar-refractivity contribution < 1.29 is 8.42 Å². The molecule has 2 heterocycles. The molecule has 4 aromatic rings. The number of hydrogen-bond acceptors (Lipinski definition) is 5. The minimum Gasteiger partial charge on any atom is -0.375 e. The first kappa shape index (κ1) is 22.7. The van der Waals surface area contributed by atoms with Crippen molar-refractivity contribution in [1.29, 1.82) is 0 Å². The van der Waals surface area contributed by atoms with Gasteiger partial charge < -0.3 is 5.32 Å². The predicted octanol–water partition coefficient (Wildman–Crippen LogP) is 5.61. The molecule has 0 saturated heterocycles. The van der Waals surface area contributed by atoms with E-state index in [4.69, 9.17) is 28.9 Å². The molecule has 0 aliphatic rings. The third-order valence-corrected chi connectivity index (χ3v) is 7.71. The molecule has 0 saturated carbocycles. The number of thiocarbonyl (C=S) groups is 1. The summed E-state index contributed by atoms with van der Waals surface area (Å²) in [5, 5.41) is 8.44. The second-order valence-corrected chi connectivity index (χ2v) is 11.0. The lowest BCUT2D eigenvalue weighted by molar-refractivity contribution is 0.602. The highest BCUT2D eigenvalue weighted by molar-refractivity contribution is 7.90. The minimum absolute atomic E-state index is 0.296. The smallest absolute Gasteiger partial charge is 0.175 e. The van der Waals surface area contributed by atoms with E-state index in [0.29, 0.717) is 27.1 Å². The first-order valence-corrected chi connectivity index (χ1v) is 13.3. The number of sulfone groups is 1. The molecule has 0 fully saturated rings. The van der Waals surface area contributed by atoms with Crippen LogP contribution in [0.3, 0.4) is 0 Å². The number of para-hydroxylation sites is 1. The Hall–Kier alpha value is -2.52. The van der Waals surface area contributed by atoms with E-state index in [2.05, 4.69) is 5.32 Å². The summed E-state index contributed by atoms with van der Waals surface area (Å²) in [5.74, 6) is 0. The van der Waals surface area contributed by atoms with Gasteiger partial charge in [-0.05, 0) is 55.0 Å². The molecule has 4 rings (SSSR count). The summed E-state index contributed by atoms with van der Waals surface area (Å²) in [7, 11) is -3.28. The van der Waals surface area contributed by atoms with Gasteiger partial charge in [-0.3, -0.25) is 0 Å². The highest BCUT2D eigenvalue weighted by Gasteiger charge is 2.18. The quantitative estimate of drug-likeness (QED) is 0.348. The molecule has 0 aliphatic heterocycles. The summed E-state index contributed by atoms with van der Waals surface area (Å²) in [6, 6.07) is 20.4. The Labute approximate surface area is 201 Å². The summed E-state index contributed by atoms with van der Waals surface area (Å²) in [6.45, 7) is 2.68. The zero-order chi connectivity index (χ0) is 22.9. The second kappa shape index (κ2) is 9.15. The molecule has 0 spiro atoms. The summed E-state index contributed by atoms with van der Waals surface area (Å²) < 4.78 is 25.7. The number of hydrogen-bond donors (Lipinski definition) is 1. The van der Waals surface area contributed by atoms with Gasteiger partial charge in [0.15, 0.2) is 9.84 Å². The van der Waals surface area contributed by atoms with E-state index in [1.165, 1.54) is 6.26 Å². The van der Waals surface area contributed by atoms with Crippen LogP contribution in [0.15, 0.2) is 71.6 Å². The number of nitrogens with zero attached hydrogens (tertiary/aromatic N) is 2. The molecule has 32 heavy (non-hydrogen) atoms. The molecule has 9 heteroatoms. The van der Waals surface area contributed by atoms with Crippen molar-refractivity contribution in [3.8, 4) is 26.7 Å². The molecule has 5 nitrogen and oxygen atoms in total. The summed E-state index contributed by atoms with van der Waals surface area (Å²) in [5.41, 5.74) is 3.11. The molecule has 0 bridgehead atoms. The lowest BCUT2D eigenvalue weighted by Gasteiger charge is -2.08. The maximum Gasteiger partial charge on any atom is 0.175 e. The fraction of sp³-hybridized carbons (Fsp3) is 0.130. The largest absolute Gasteiger partial charge is 0.375 e. The number of aromatic nitrogens is 2. The monoisotopic (exact) mass is 501 g/mol. The predicted molar refractivity (Wildman–Crippen MR) is 136 cm³/mol. The van der Waals surface area contributed by atoms with Crippen LogP contribution in [0.4, 0.5) is 0 Å². The number of thiophene rings is 1. The van der Waals surface area contributed by atoms with Crippen molar-refractivity contribution in [2.75, 3.05) is 12.8 Å². The SMILES string of the molecule is CCNC(=S)c1cc(-c2ccc(-c3cccc(S(C)(=O)=O)c3)s2)n(-c2ccccc2Cl)n1. The normalized spacial score (nSPS) is 11.5. The van der Waals surface area contributed by atoms with Crippen molar-refractivity contribution in [3.63, 3.8) is 0 Å². The molecule has 0 atom stereocenters. The molecule has 0 aliphatic carbocycles. The van der Waals surface area contributed by atoms with Crippen LogP contribution in [0.1, 0.15) is 12.6 Å². The molecule has 0 amide bonds. The Balaban J connectivity index is 1.82. The standard InChI is InChI=1S/C23H20ClN3O2S3/c1-3-25-23(30)18-14-20(27(26-18)19-10-5-4-9-17(19)24)22-12-11-21(31-22)15-7-6-8-16(13-15)32(2,28)29/h4-14H,3H2,1-2H3,(H,25,30). The Kier molecular flexibility index (Phi) is 6.48. The van der Waals surface area contributed by atoms with Gasteiger partial charge in [0.05, 0.1) is 26.2 Å². The van der Waals surface area contributed by atoms with Gasteiger partial charge in [-0.1, -0.05) is 48.1 Å². The molecule has 0 radical (unpaired) electrons. The van der Waals surface area contributed by atoms with Gasteiger partial charge in [0.1, 0.15) is 10.7 Å². The first-order chi connectivity index (χ1) is 15.3. The van der Waals surface area contributed by atoms with Crippen LogP contribution in [0, 0.1) is 0 Å². The second-order valence-electron chi connectivity index (χ2n) is 7.10. The van der Waals surface area contributed by atoms with Gasteiger partial charge in [0.25, 0.3) is 0 Å². The van der Waals surface area contributed by atoms with Crippen LogP contribution < -0.4 is 5.32 Å². The lowest BCUT2D eigenvalue weighted by Crippen LogP contribution is -2.22. The highest BCUT2D eigenvalue weighted by atomic mass is 35.5. The van der Waals surface area contributed by atoms with Crippen LogP contribution in [0.5, 0.6) is 0 Å². The summed E-state index contributed by atoms with van der Waals surface area (Å²) >= 11 is 13.5. The van der Waals surface area contributed by atoms with Crippen LogP contribution in [-0.4, -0.2) is 36.0 Å². The molecule has 0 unspecified atom stereocenters. The van der Waals surface area contributed by atoms with E-state index in [1.807, 2.05) is 55.5 Å². The average Bonchev–Trinajstić information content (AvgIpc) is 3.41. The lowest BCUT2D eigenvalue weighted by atomic mass is 10.2. The van der Waals surface area contributed by atoms with Crippen molar-refractivity contribution >= 4 is 50.0 Å². The van der Waals surface area contributed by atoms with E-state index in [-0.39, 0.29) is 0 Å². The van der Waals surface area contributed by atoms with Gasteiger partial charge in [-0.25, -0.2) is 13.1 Å². The molecule has 164 valence electrons. The van der Waals surface area contributed by atoms with Gasteiger partial charge in [-0.2, -0.15) is 5.10 Å². The van der Waals surface area contributed by atoms with Crippen molar-refractivity contribution in [3.05, 3.63) is 77.4 Å². The molecule has 2 aromatic heterocycles. The van der Waals surface area contributed by atoms with Crippen LogP contribution >= 0.6 is 35.2 Å². The maximum atomic E-state index is 12.0. The maximum absolute atomic E-state index is 12.0. The van der Waals surface area contributed by atoms with E-state index in [0.717, 1.165) is 26.7 Å². The molecule has 1 N–H and O–H groups in total. The van der Waals surface area contributed by atoms with Crippen molar-refractivity contribution in [2.45, 2.75) is 11.8 Å². The number of rotatable bonds is 6. The molecular formula is C23H20ClN3O2S3. The molecular weight excluding hydrogens is 482 g/mol. The Morgan fingerprint density at radius 3 is 2.56 bits per heavy atom. The highest BCUT2D eigenvalue weighted by Crippen LogP contribution is 2.37. The first-order valence-electron chi connectivity index (χ1n) is 9.82. The van der Waals surface area contributed by atoms with Crippen LogP contribution in [0.25, 0.3) is 26.7 Å². The van der Waals surface area contributed by atoms with Gasteiger partial charge in [0.2, 0.25) is 0 Å². The third kappa shape index (κ3) is 4.63. The third-order valence-electron chi connectivity index (χ3n) is 4.77. The number of benzene rings is 2. The van der Waals surface area contributed by atoms with Crippen LogP contribution in [-0.2, 0) is 9.84 Å².